The Morgan fingerprint density at radius 3 is 2.67 bits per heavy atom. The highest BCUT2D eigenvalue weighted by Crippen LogP contribution is 2.31. The number of aromatic nitrogens is 1. The van der Waals surface area contributed by atoms with Crippen molar-refractivity contribution in [2.45, 2.75) is 51.6 Å². The molecule has 0 bridgehead atoms. The van der Waals surface area contributed by atoms with E-state index in [1.807, 2.05) is 6.20 Å². The lowest BCUT2D eigenvalue weighted by Crippen LogP contribution is -2.35. The van der Waals surface area contributed by atoms with Crippen LogP contribution in [0.15, 0.2) is 18.3 Å². The van der Waals surface area contributed by atoms with Crippen LogP contribution in [0.25, 0.3) is 0 Å². The van der Waals surface area contributed by atoms with Crippen molar-refractivity contribution in [1.82, 2.24) is 4.98 Å². The molecule has 1 aliphatic carbocycles. The molecule has 2 rings (SSSR count). The molecule has 100 valence electrons. The Hall–Kier alpha value is -1.09. The standard InChI is InChI=1S/C15H25N3/c1-3-12-4-6-14(7-5-12)18(2)15-8-9-17-13(10-15)11-16/h8-10,12,14H,3-7,11,16H2,1-2H3. The zero-order valence-corrected chi connectivity index (χ0v) is 11.6. The minimum atomic E-state index is 0.518. The quantitative estimate of drug-likeness (QED) is 0.889. The summed E-state index contributed by atoms with van der Waals surface area (Å²) in [5.41, 5.74) is 7.88. The van der Waals surface area contributed by atoms with Gasteiger partial charge in [0.15, 0.2) is 0 Å². The van der Waals surface area contributed by atoms with Crippen molar-refractivity contribution < 1.29 is 0 Å². The Morgan fingerprint density at radius 1 is 1.33 bits per heavy atom. The molecule has 1 heterocycles. The number of anilines is 1. The second kappa shape index (κ2) is 6.19. The first-order valence-corrected chi connectivity index (χ1v) is 7.12. The van der Waals surface area contributed by atoms with Crippen molar-refractivity contribution in [3.63, 3.8) is 0 Å². The third-order valence-electron chi connectivity index (χ3n) is 4.36. The monoisotopic (exact) mass is 247 g/mol. The second-order valence-electron chi connectivity index (χ2n) is 5.40. The first-order chi connectivity index (χ1) is 8.74. The van der Waals surface area contributed by atoms with Gasteiger partial charge >= 0.3 is 0 Å². The number of nitrogens with zero attached hydrogens (tertiary/aromatic N) is 2. The van der Waals surface area contributed by atoms with Gasteiger partial charge in [0.2, 0.25) is 0 Å². The maximum atomic E-state index is 5.65. The van der Waals surface area contributed by atoms with E-state index in [-0.39, 0.29) is 0 Å². The van der Waals surface area contributed by atoms with Gasteiger partial charge < -0.3 is 10.6 Å². The summed E-state index contributed by atoms with van der Waals surface area (Å²) in [7, 11) is 2.20. The molecule has 1 saturated carbocycles. The van der Waals surface area contributed by atoms with Crippen LogP contribution >= 0.6 is 0 Å². The van der Waals surface area contributed by atoms with E-state index < -0.39 is 0 Å². The van der Waals surface area contributed by atoms with E-state index in [0.717, 1.165) is 11.6 Å². The predicted molar refractivity (Wildman–Crippen MR) is 76.6 cm³/mol. The van der Waals surface area contributed by atoms with Crippen LogP contribution in [-0.2, 0) is 6.54 Å². The number of hydrogen-bond acceptors (Lipinski definition) is 3. The van der Waals surface area contributed by atoms with Gasteiger partial charge in [0.1, 0.15) is 0 Å². The second-order valence-corrected chi connectivity index (χ2v) is 5.40. The summed E-state index contributed by atoms with van der Waals surface area (Å²) >= 11 is 0. The highest BCUT2D eigenvalue weighted by atomic mass is 15.1. The van der Waals surface area contributed by atoms with Gasteiger partial charge in [-0.05, 0) is 43.7 Å². The molecule has 1 aromatic rings. The van der Waals surface area contributed by atoms with Crippen molar-refractivity contribution in [3.05, 3.63) is 24.0 Å². The molecule has 0 unspecified atom stereocenters. The summed E-state index contributed by atoms with van der Waals surface area (Å²) in [6.45, 7) is 2.83. The smallest absolute Gasteiger partial charge is 0.0560 e. The van der Waals surface area contributed by atoms with Crippen molar-refractivity contribution in [2.24, 2.45) is 11.7 Å². The minimum absolute atomic E-state index is 0.518. The maximum Gasteiger partial charge on any atom is 0.0560 e. The summed E-state index contributed by atoms with van der Waals surface area (Å²) in [5, 5.41) is 0. The van der Waals surface area contributed by atoms with Gasteiger partial charge in [-0.15, -0.1) is 0 Å². The number of rotatable bonds is 4. The van der Waals surface area contributed by atoms with Crippen LogP contribution in [0, 0.1) is 5.92 Å². The topological polar surface area (TPSA) is 42.2 Å². The molecule has 0 amide bonds. The lowest BCUT2D eigenvalue weighted by atomic mass is 9.84. The molecule has 2 N–H and O–H groups in total. The van der Waals surface area contributed by atoms with Crippen molar-refractivity contribution >= 4 is 5.69 Å². The zero-order valence-electron chi connectivity index (χ0n) is 11.6. The van der Waals surface area contributed by atoms with E-state index in [4.69, 9.17) is 5.73 Å². The Bertz CT molecular complexity index is 370. The van der Waals surface area contributed by atoms with Crippen LogP contribution in [-0.4, -0.2) is 18.1 Å². The molecule has 3 heteroatoms. The van der Waals surface area contributed by atoms with E-state index >= 15 is 0 Å². The lowest BCUT2D eigenvalue weighted by molar-refractivity contribution is 0.313. The predicted octanol–water partition coefficient (Wildman–Crippen LogP) is 2.95. The van der Waals surface area contributed by atoms with Gasteiger partial charge in [-0.25, -0.2) is 0 Å². The molecule has 1 aliphatic rings. The zero-order chi connectivity index (χ0) is 13.0. The highest BCUT2D eigenvalue weighted by Gasteiger charge is 2.23. The van der Waals surface area contributed by atoms with Crippen molar-refractivity contribution in [2.75, 3.05) is 11.9 Å². The molecule has 1 fully saturated rings. The van der Waals surface area contributed by atoms with Gasteiger partial charge in [0.05, 0.1) is 5.69 Å². The van der Waals surface area contributed by atoms with Gasteiger partial charge in [0.25, 0.3) is 0 Å². The largest absolute Gasteiger partial charge is 0.372 e. The average Bonchev–Trinajstić information content (AvgIpc) is 2.46. The molecule has 0 saturated heterocycles. The van der Waals surface area contributed by atoms with Crippen LogP contribution in [0.1, 0.15) is 44.7 Å². The SMILES string of the molecule is CCC1CCC(N(C)c2ccnc(CN)c2)CC1. The summed E-state index contributed by atoms with van der Waals surface area (Å²) in [5.74, 6) is 0.951. The molecule has 0 atom stereocenters. The summed E-state index contributed by atoms with van der Waals surface area (Å²) in [6.07, 6.45) is 8.58. The Kier molecular flexibility index (Phi) is 4.59. The van der Waals surface area contributed by atoms with Crippen molar-refractivity contribution in [3.8, 4) is 0 Å². The first kappa shape index (κ1) is 13.3. The number of hydrogen-bond donors (Lipinski definition) is 1. The number of pyridine rings is 1. The molecule has 0 radical (unpaired) electrons. The van der Waals surface area contributed by atoms with E-state index in [2.05, 4.69) is 36.0 Å². The van der Waals surface area contributed by atoms with Gasteiger partial charge in [-0.3, -0.25) is 4.98 Å². The number of nitrogens with two attached hydrogens (primary N) is 1. The average molecular weight is 247 g/mol. The molecule has 18 heavy (non-hydrogen) atoms. The molecule has 0 spiro atoms. The highest BCUT2D eigenvalue weighted by molar-refractivity contribution is 5.46. The van der Waals surface area contributed by atoms with E-state index in [9.17, 15) is 0 Å². The molecule has 1 aromatic heterocycles. The summed E-state index contributed by atoms with van der Waals surface area (Å²) in [6, 6.07) is 4.89. The fourth-order valence-electron chi connectivity index (χ4n) is 2.95. The Labute approximate surface area is 110 Å². The van der Waals surface area contributed by atoms with Gasteiger partial charge in [0, 0.05) is 31.5 Å². The molecule has 3 nitrogen and oxygen atoms in total. The maximum absolute atomic E-state index is 5.65. The minimum Gasteiger partial charge on any atom is -0.372 e. The molecular weight excluding hydrogens is 222 g/mol. The Balaban J connectivity index is 2.00. The van der Waals surface area contributed by atoms with Crippen LogP contribution in [0.2, 0.25) is 0 Å². The molecule has 0 aromatic carbocycles. The van der Waals surface area contributed by atoms with Gasteiger partial charge in [-0.1, -0.05) is 13.3 Å². The Morgan fingerprint density at radius 2 is 2.06 bits per heavy atom. The van der Waals surface area contributed by atoms with E-state index in [0.29, 0.717) is 12.6 Å². The third-order valence-corrected chi connectivity index (χ3v) is 4.36. The van der Waals surface area contributed by atoms with Crippen LogP contribution in [0.4, 0.5) is 5.69 Å². The molecular formula is C15H25N3. The third kappa shape index (κ3) is 3.02. The van der Waals surface area contributed by atoms with Crippen LogP contribution < -0.4 is 10.6 Å². The van der Waals surface area contributed by atoms with Crippen molar-refractivity contribution in [1.29, 1.82) is 0 Å². The fraction of sp³-hybridized carbons (Fsp3) is 0.667. The van der Waals surface area contributed by atoms with E-state index in [1.54, 1.807) is 0 Å². The summed E-state index contributed by atoms with van der Waals surface area (Å²) in [4.78, 5) is 6.67. The van der Waals surface area contributed by atoms with Crippen LogP contribution in [0.3, 0.4) is 0 Å². The van der Waals surface area contributed by atoms with Gasteiger partial charge in [-0.2, -0.15) is 0 Å². The first-order valence-electron chi connectivity index (χ1n) is 7.12. The lowest BCUT2D eigenvalue weighted by Gasteiger charge is -2.35. The molecule has 0 aliphatic heterocycles. The van der Waals surface area contributed by atoms with E-state index in [1.165, 1.54) is 37.8 Å². The van der Waals surface area contributed by atoms with Crippen LogP contribution in [0.5, 0.6) is 0 Å². The fourth-order valence-corrected chi connectivity index (χ4v) is 2.95. The normalized spacial score (nSPS) is 23.9. The summed E-state index contributed by atoms with van der Waals surface area (Å²) < 4.78 is 0.